The molecule has 0 spiro atoms. The molecule has 0 aromatic rings. The lowest BCUT2D eigenvalue weighted by molar-refractivity contribution is 0.612. The summed E-state index contributed by atoms with van der Waals surface area (Å²) in [4.78, 5) is 3.61. The molecular formula is C6H11NO2S. The molecule has 0 aliphatic heterocycles. The first kappa shape index (κ1) is 9.36. The molecule has 0 unspecified atom stereocenters. The number of rotatable bonds is 2. The highest BCUT2D eigenvalue weighted by Crippen LogP contribution is 1.95. The summed E-state index contributed by atoms with van der Waals surface area (Å²) in [6, 6.07) is 0. The number of aliphatic imine (C=N–C) groups is 1. The maximum absolute atomic E-state index is 10.8. The van der Waals surface area contributed by atoms with Crippen LogP contribution in [0.1, 0.15) is 13.3 Å². The second-order valence-corrected chi connectivity index (χ2v) is 3.85. The average molecular weight is 161 g/mol. The number of hydrogen-bond donors (Lipinski definition) is 0. The molecular weight excluding hydrogens is 150 g/mol. The first-order valence-electron chi connectivity index (χ1n) is 2.90. The van der Waals surface area contributed by atoms with Gasteiger partial charge in [0.15, 0.2) is 9.84 Å². The molecule has 4 heteroatoms. The minimum atomic E-state index is -3.10. The standard InChI is InChI=1S/C6H11NO2S/c1-4-6(7-5-2)10(3,8)9/h5H,2,4H2,1,3H3. The summed E-state index contributed by atoms with van der Waals surface area (Å²) in [5, 5.41) is 0.183. The molecule has 0 fully saturated rings. The van der Waals surface area contributed by atoms with Crippen molar-refractivity contribution in [3.8, 4) is 0 Å². The van der Waals surface area contributed by atoms with Crippen molar-refractivity contribution in [1.29, 1.82) is 0 Å². The van der Waals surface area contributed by atoms with Crippen LogP contribution in [0, 0.1) is 0 Å². The zero-order chi connectivity index (χ0) is 8.20. The molecule has 0 aromatic carbocycles. The molecule has 0 aromatic heterocycles. The summed E-state index contributed by atoms with van der Waals surface area (Å²) in [6.07, 6.45) is 2.80. The van der Waals surface area contributed by atoms with Crippen molar-refractivity contribution < 1.29 is 8.42 Å². The molecule has 0 saturated heterocycles. The first-order valence-corrected chi connectivity index (χ1v) is 4.79. The van der Waals surface area contributed by atoms with Gasteiger partial charge in [-0.15, -0.1) is 0 Å². The number of nitrogens with zero attached hydrogens (tertiary/aromatic N) is 1. The third kappa shape index (κ3) is 2.77. The van der Waals surface area contributed by atoms with Crippen molar-refractivity contribution in [3.63, 3.8) is 0 Å². The van der Waals surface area contributed by atoms with Crippen LogP contribution in [0.15, 0.2) is 17.8 Å². The van der Waals surface area contributed by atoms with Gasteiger partial charge in [0.25, 0.3) is 0 Å². The van der Waals surface area contributed by atoms with E-state index in [9.17, 15) is 8.42 Å². The van der Waals surface area contributed by atoms with Crippen LogP contribution in [0.3, 0.4) is 0 Å². The Hall–Kier alpha value is -0.640. The van der Waals surface area contributed by atoms with Gasteiger partial charge in [-0.1, -0.05) is 13.5 Å². The van der Waals surface area contributed by atoms with Gasteiger partial charge in [0.1, 0.15) is 5.04 Å². The van der Waals surface area contributed by atoms with Gasteiger partial charge in [0.2, 0.25) is 0 Å². The maximum atomic E-state index is 10.8. The van der Waals surface area contributed by atoms with Gasteiger partial charge >= 0.3 is 0 Å². The van der Waals surface area contributed by atoms with E-state index in [1.165, 1.54) is 6.20 Å². The summed E-state index contributed by atoms with van der Waals surface area (Å²) < 4.78 is 21.5. The van der Waals surface area contributed by atoms with Crippen molar-refractivity contribution in [1.82, 2.24) is 0 Å². The summed E-state index contributed by atoms with van der Waals surface area (Å²) in [5.41, 5.74) is 0. The Morgan fingerprint density at radius 1 is 1.70 bits per heavy atom. The van der Waals surface area contributed by atoms with Gasteiger partial charge in [-0.2, -0.15) is 0 Å². The summed E-state index contributed by atoms with van der Waals surface area (Å²) in [6.45, 7) is 5.05. The molecule has 0 amide bonds. The monoisotopic (exact) mass is 161 g/mol. The molecule has 0 atom stereocenters. The SMILES string of the molecule is C=CN=C(CC)S(C)(=O)=O. The molecule has 0 aliphatic carbocycles. The maximum Gasteiger partial charge on any atom is 0.188 e. The zero-order valence-corrected chi connectivity index (χ0v) is 6.98. The summed E-state index contributed by atoms with van der Waals surface area (Å²) in [5.74, 6) is 0. The van der Waals surface area contributed by atoms with Gasteiger partial charge in [-0.05, 0) is 6.42 Å². The van der Waals surface area contributed by atoms with Gasteiger partial charge in [0.05, 0.1) is 0 Å². The van der Waals surface area contributed by atoms with E-state index < -0.39 is 9.84 Å². The fraction of sp³-hybridized carbons (Fsp3) is 0.500. The summed E-state index contributed by atoms with van der Waals surface area (Å²) >= 11 is 0. The molecule has 0 bridgehead atoms. The number of sulfone groups is 1. The quantitative estimate of drug-likeness (QED) is 0.447. The molecule has 58 valence electrons. The smallest absolute Gasteiger partial charge is 0.188 e. The van der Waals surface area contributed by atoms with Crippen LogP contribution >= 0.6 is 0 Å². The molecule has 0 saturated carbocycles. The lowest BCUT2D eigenvalue weighted by Crippen LogP contribution is -2.10. The van der Waals surface area contributed by atoms with Crippen LogP contribution in [0.5, 0.6) is 0 Å². The van der Waals surface area contributed by atoms with Crippen molar-refractivity contribution >= 4 is 14.9 Å². The van der Waals surface area contributed by atoms with Crippen LogP contribution in [0.25, 0.3) is 0 Å². The van der Waals surface area contributed by atoms with Crippen molar-refractivity contribution in [3.05, 3.63) is 12.8 Å². The lowest BCUT2D eigenvalue weighted by Gasteiger charge is -1.95. The predicted molar refractivity (Wildman–Crippen MR) is 42.8 cm³/mol. The first-order chi connectivity index (χ1) is 4.52. The van der Waals surface area contributed by atoms with Gasteiger partial charge in [-0.3, -0.25) is 0 Å². The topological polar surface area (TPSA) is 46.5 Å². The van der Waals surface area contributed by atoms with E-state index in [0.29, 0.717) is 6.42 Å². The van der Waals surface area contributed by atoms with Gasteiger partial charge in [-0.25, -0.2) is 13.4 Å². The highest BCUT2D eigenvalue weighted by atomic mass is 32.2. The second-order valence-electron chi connectivity index (χ2n) is 1.83. The highest BCUT2D eigenvalue weighted by Gasteiger charge is 2.08. The van der Waals surface area contributed by atoms with Crippen LogP contribution in [0.2, 0.25) is 0 Å². The predicted octanol–water partition coefficient (Wildman–Crippen LogP) is 0.983. The Morgan fingerprint density at radius 3 is 2.30 bits per heavy atom. The van der Waals surface area contributed by atoms with Crippen LogP contribution in [-0.4, -0.2) is 19.7 Å². The van der Waals surface area contributed by atoms with Crippen molar-refractivity contribution in [2.45, 2.75) is 13.3 Å². The second kappa shape index (κ2) is 3.51. The minimum absolute atomic E-state index is 0.183. The van der Waals surface area contributed by atoms with E-state index in [1.54, 1.807) is 6.92 Å². The van der Waals surface area contributed by atoms with Crippen molar-refractivity contribution in [2.24, 2.45) is 4.99 Å². The van der Waals surface area contributed by atoms with Crippen molar-refractivity contribution in [2.75, 3.05) is 6.26 Å². The molecule has 0 N–H and O–H groups in total. The average Bonchev–Trinajstić information content (AvgIpc) is 1.80. The molecule has 3 nitrogen and oxygen atoms in total. The van der Waals surface area contributed by atoms with E-state index in [0.717, 1.165) is 6.26 Å². The van der Waals surface area contributed by atoms with Crippen LogP contribution in [0.4, 0.5) is 0 Å². The molecule has 0 rings (SSSR count). The van der Waals surface area contributed by atoms with E-state index in [-0.39, 0.29) is 5.04 Å². The normalized spacial score (nSPS) is 13.2. The van der Waals surface area contributed by atoms with E-state index in [1.807, 2.05) is 0 Å². The Labute approximate surface area is 61.4 Å². The van der Waals surface area contributed by atoms with Crippen LogP contribution < -0.4 is 0 Å². The third-order valence-corrected chi connectivity index (χ3v) is 2.22. The highest BCUT2D eigenvalue weighted by molar-refractivity contribution is 8.05. The van der Waals surface area contributed by atoms with E-state index >= 15 is 0 Å². The van der Waals surface area contributed by atoms with E-state index in [4.69, 9.17) is 0 Å². The van der Waals surface area contributed by atoms with Gasteiger partial charge in [0, 0.05) is 12.5 Å². The minimum Gasteiger partial charge on any atom is -0.250 e. The third-order valence-electron chi connectivity index (χ3n) is 0.966. The number of hydrogen-bond acceptors (Lipinski definition) is 3. The molecule has 0 aliphatic rings. The molecule has 0 heterocycles. The lowest BCUT2D eigenvalue weighted by atomic mass is 10.5. The fourth-order valence-corrected chi connectivity index (χ4v) is 1.34. The molecule has 0 radical (unpaired) electrons. The Kier molecular flexibility index (Phi) is 3.28. The Bertz CT molecular complexity index is 238. The van der Waals surface area contributed by atoms with E-state index in [2.05, 4.69) is 11.6 Å². The zero-order valence-electron chi connectivity index (χ0n) is 6.16. The molecule has 10 heavy (non-hydrogen) atoms. The Balaban J connectivity index is 4.71. The summed E-state index contributed by atoms with van der Waals surface area (Å²) in [7, 11) is -3.10. The fourth-order valence-electron chi connectivity index (χ4n) is 0.551. The Morgan fingerprint density at radius 2 is 2.20 bits per heavy atom. The van der Waals surface area contributed by atoms with Crippen LogP contribution in [-0.2, 0) is 9.84 Å². The van der Waals surface area contributed by atoms with Gasteiger partial charge < -0.3 is 0 Å². The largest absolute Gasteiger partial charge is 0.250 e.